The van der Waals surface area contributed by atoms with Crippen molar-refractivity contribution in [2.24, 2.45) is 28.6 Å². The molecular formula is C28H46O2. The highest BCUT2D eigenvalue weighted by Gasteiger charge is 2.36. The maximum atomic E-state index is 6.23. The molecule has 2 fully saturated rings. The van der Waals surface area contributed by atoms with E-state index in [-0.39, 0.29) is 17.1 Å². The fraction of sp³-hybridized carbons (Fsp3) is 0.786. The second kappa shape index (κ2) is 9.63. The molecule has 0 aliphatic heterocycles. The standard InChI is InChI=1S/C28H46O2/c1-27(2,3)26(28(4,5)6)23-12-14-24(15-13-23)30-25(29-7)16-11-22-18-20-9-8-10-21(17-20)19-22/h12-15,20-22,25-26H,8-11,16-19H2,1-7H3. The van der Waals surface area contributed by atoms with Gasteiger partial charge >= 0.3 is 0 Å². The van der Waals surface area contributed by atoms with Gasteiger partial charge in [0.1, 0.15) is 5.75 Å². The summed E-state index contributed by atoms with van der Waals surface area (Å²) in [5, 5.41) is 0. The minimum atomic E-state index is -0.140. The molecule has 0 N–H and O–H groups in total. The monoisotopic (exact) mass is 414 g/mol. The summed E-state index contributed by atoms with van der Waals surface area (Å²) in [6.07, 6.45) is 10.9. The van der Waals surface area contributed by atoms with Gasteiger partial charge < -0.3 is 9.47 Å². The van der Waals surface area contributed by atoms with Gasteiger partial charge in [-0.05, 0) is 77.9 Å². The van der Waals surface area contributed by atoms with Crippen molar-refractivity contribution >= 4 is 0 Å². The molecule has 2 aliphatic carbocycles. The summed E-state index contributed by atoms with van der Waals surface area (Å²) in [5.41, 5.74) is 1.83. The minimum Gasteiger partial charge on any atom is -0.465 e. The van der Waals surface area contributed by atoms with Crippen LogP contribution in [-0.4, -0.2) is 13.4 Å². The van der Waals surface area contributed by atoms with Crippen molar-refractivity contribution < 1.29 is 9.47 Å². The molecule has 3 atom stereocenters. The van der Waals surface area contributed by atoms with Crippen LogP contribution in [0.4, 0.5) is 0 Å². The van der Waals surface area contributed by atoms with E-state index in [1.165, 1.54) is 50.5 Å². The third-order valence-electron chi connectivity index (χ3n) is 7.51. The van der Waals surface area contributed by atoms with E-state index in [1.54, 1.807) is 7.11 Å². The van der Waals surface area contributed by atoms with E-state index in [0.29, 0.717) is 5.92 Å². The van der Waals surface area contributed by atoms with Crippen LogP contribution in [0, 0.1) is 28.6 Å². The lowest BCUT2D eigenvalue weighted by Crippen LogP contribution is -2.30. The zero-order chi connectivity index (χ0) is 21.9. The number of methoxy groups -OCH3 is 1. The summed E-state index contributed by atoms with van der Waals surface area (Å²) >= 11 is 0. The number of benzene rings is 1. The van der Waals surface area contributed by atoms with Crippen LogP contribution in [0.3, 0.4) is 0 Å². The Kier molecular flexibility index (Phi) is 7.59. The van der Waals surface area contributed by atoms with Gasteiger partial charge in [0.2, 0.25) is 0 Å². The molecule has 170 valence electrons. The smallest absolute Gasteiger partial charge is 0.199 e. The van der Waals surface area contributed by atoms with Gasteiger partial charge in [0, 0.05) is 13.5 Å². The van der Waals surface area contributed by atoms with Crippen molar-refractivity contribution in [2.45, 2.75) is 105 Å². The zero-order valence-corrected chi connectivity index (χ0v) is 20.7. The Morgan fingerprint density at radius 3 is 1.93 bits per heavy atom. The molecule has 0 amide bonds. The van der Waals surface area contributed by atoms with Crippen LogP contribution in [0.15, 0.2) is 24.3 Å². The Balaban J connectivity index is 1.56. The third-order valence-corrected chi connectivity index (χ3v) is 7.51. The molecule has 0 radical (unpaired) electrons. The predicted molar refractivity (Wildman–Crippen MR) is 127 cm³/mol. The SMILES string of the molecule is COC(CCC1CC2CCCC(C2)C1)Oc1ccc(C(C(C)(C)C)C(C)(C)C)cc1. The van der Waals surface area contributed by atoms with Crippen LogP contribution < -0.4 is 4.74 Å². The number of hydrogen-bond donors (Lipinski definition) is 0. The normalized spacial score (nSPS) is 25.9. The van der Waals surface area contributed by atoms with Crippen LogP contribution >= 0.6 is 0 Å². The number of hydrogen-bond acceptors (Lipinski definition) is 2. The maximum Gasteiger partial charge on any atom is 0.199 e. The molecule has 3 unspecified atom stereocenters. The molecule has 2 saturated carbocycles. The van der Waals surface area contributed by atoms with E-state index < -0.39 is 0 Å². The van der Waals surface area contributed by atoms with Gasteiger partial charge in [-0.1, -0.05) is 72.9 Å². The van der Waals surface area contributed by atoms with Crippen molar-refractivity contribution in [1.29, 1.82) is 0 Å². The number of ether oxygens (including phenoxy) is 2. The van der Waals surface area contributed by atoms with Gasteiger partial charge in [-0.3, -0.25) is 0 Å². The second-order valence-corrected chi connectivity index (χ2v) is 12.3. The molecule has 2 bridgehead atoms. The molecule has 0 spiro atoms. The number of rotatable bonds is 7. The van der Waals surface area contributed by atoms with Gasteiger partial charge in [-0.15, -0.1) is 0 Å². The Labute approximate surface area is 186 Å². The van der Waals surface area contributed by atoms with Crippen molar-refractivity contribution in [3.8, 4) is 5.75 Å². The van der Waals surface area contributed by atoms with E-state index in [9.17, 15) is 0 Å². The highest BCUT2D eigenvalue weighted by Crippen LogP contribution is 2.47. The first-order chi connectivity index (χ1) is 14.1. The Morgan fingerprint density at radius 2 is 1.43 bits per heavy atom. The maximum absolute atomic E-state index is 6.23. The molecule has 2 heteroatoms. The molecule has 3 rings (SSSR count). The number of fused-ring (bicyclic) bond motifs is 2. The lowest BCUT2D eigenvalue weighted by atomic mass is 9.64. The van der Waals surface area contributed by atoms with Crippen LogP contribution in [0.25, 0.3) is 0 Å². The zero-order valence-electron chi connectivity index (χ0n) is 20.7. The molecule has 1 aromatic carbocycles. The molecular weight excluding hydrogens is 368 g/mol. The van der Waals surface area contributed by atoms with Crippen LogP contribution in [0.5, 0.6) is 5.75 Å². The average molecular weight is 415 g/mol. The summed E-state index contributed by atoms with van der Waals surface area (Å²) in [6, 6.07) is 8.78. The van der Waals surface area contributed by atoms with E-state index in [0.717, 1.165) is 29.9 Å². The third kappa shape index (κ3) is 6.25. The van der Waals surface area contributed by atoms with E-state index >= 15 is 0 Å². The van der Waals surface area contributed by atoms with E-state index in [1.807, 2.05) is 0 Å². The van der Waals surface area contributed by atoms with Crippen LogP contribution in [-0.2, 0) is 4.74 Å². The van der Waals surface area contributed by atoms with E-state index in [4.69, 9.17) is 9.47 Å². The van der Waals surface area contributed by atoms with Gasteiger partial charge in [0.15, 0.2) is 6.29 Å². The van der Waals surface area contributed by atoms with Crippen LogP contribution in [0.1, 0.15) is 104 Å². The topological polar surface area (TPSA) is 18.5 Å². The van der Waals surface area contributed by atoms with Gasteiger partial charge in [0.05, 0.1) is 0 Å². The summed E-state index contributed by atoms with van der Waals surface area (Å²) in [6.45, 7) is 14.0. The second-order valence-electron chi connectivity index (χ2n) is 12.3. The first kappa shape index (κ1) is 23.6. The highest BCUT2D eigenvalue weighted by molar-refractivity contribution is 5.31. The summed E-state index contributed by atoms with van der Waals surface area (Å²) < 4.78 is 11.9. The van der Waals surface area contributed by atoms with Crippen molar-refractivity contribution in [3.63, 3.8) is 0 Å². The summed E-state index contributed by atoms with van der Waals surface area (Å²) in [7, 11) is 1.78. The van der Waals surface area contributed by atoms with Gasteiger partial charge in [-0.25, -0.2) is 0 Å². The van der Waals surface area contributed by atoms with Crippen molar-refractivity contribution in [3.05, 3.63) is 29.8 Å². The average Bonchev–Trinajstić information content (AvgIpc) is 2.64. The Morgan fingerprint density at radius 1 is 0.867 bits per heavy atom. The van der Waals surface area contributed by atoms with Crippen molar-refractivity contribution in [2.75, 3.05) is 7.11 Å². The summed E-state index contributed by atoms with van der Waals surface area (Å²) in [5.74, 6) is 4.28. The molecule has 0 saturated heterocycles. The fourth-order valence-corrected chi connectivity index (χ4v) is 6.89. The minimum absolute atomic E-state index is 0.140. The molecule has 2 nitrogen and oxygen atoms in total. The molecule has 0 heterocycles. The lowest BCUT2D eigenvalue weighted by molar-refractivity contribution is -0.0635. The Bertz CT molecular complexity index is 623. The predicted octanol–water partition coefficient (Wildman–Crippen LogP) is 8.21. The largest absolute Gasteiger partial charge is 0.465 e. The highest BCUT2D eigenvalue weighted by atomic mass is 16.7. The first-order valence-electron chi connectivity index (χ1n) is 12.4. The molecule has 0 aromatic heterocycles. The summed E-state index contributed by atoms with van der Waals surface area (Å²) in [4.78, 5) is 0. The molecule has 1 aromatic rings. The molecule has 2 aliphatic rings. The Hall–Kier alpha value is -1.02. The van der Waals surface area contributed by atoms with Crippen molar-refractivity contribution in [1.82, 2.24) is 0 Å². The van der Waals surface area contributed by atoms with E-state index in [2.05, 4.69) is 65.8 Å². The first-order valence-corrected chi connectivity index (χ1v) is 12.4. The van der Waals surface area contributed by atoms with Gasteiger partial charge in [0.25, 0.3) is 0 Å². The lowest BCUT2D eigenvalue weighted by Gasteiger charge is -2.41. The quantitative estimate of drug-likeness (QED) is 0.418. The molecule has 30 heavy (non-hydrogen) atoms. The van der Waals surface area contributed by atoms with Crippen LogP contribution in [0.2, 0.25) is 0 Å². The fourth-order valence-electron chi connectivity index (χ4n) is 6.89. The van der Waals surface area contributed by atoms with Gasteiger partial charge in [-0.2, -0.15) is 0 Å².